The number of ether oxygens (including phenoxy) is 4. The van der Waals surface area contributed by atoms with Crippen molar-refractivity contribution in [2.45, 2.75) is 63.9 Å². The SMILES string of the molecule is COC(=O)/C(=C/[C@](CO[C@H](C)c1cc(C(F)(F)F)cc(C(F)(F)F)c1)(NC(=O)OCc1ccccc1)c1ccccc1)NC(=O)OC(C)(C)C. The van der Waals surface area contributed by atoms with Crippen LogP contribution in [0.25, 0.3) is 0 Å². The van der Waals surface area contributed by atoms with Gasteiger partial charge in [-0.3, -0.25) is 5.32 Å². The maximum Gasteiger partial charge on any atom is 0.416 e. The number of hydrogen-bond acceptors (Lipinski definition) is 7. The van der Waals surface area contributed by atoms with Crippen LogP contribution in [0.5, 0.6) is 0 Å². The lowest BCUT2D eigenvalue weighted by atomic mass is 9.89. The summed E-state index contributed by atoms with van der Waals surface area (Å²) >= 11 is 0. The molecular formula is C35H36F6N2O7. The van der Waals surface area contributed by atoms with Crippen molar-refractivity contribution in [1.82, 2.24) is 10.6 Å². The molecule has 0 aliphatic carbocycles. The molecule has 15 heteroatoms. The van der Waals surface area contributed by atoms with Gasteiger partial charge in [-0.05, 0) is 68.7 Å². The molecule has 0 aliphatic rings. The van der Waals surface area contributed by atoms with E-state index in [-0.39, 0.29) is 18.2 Å². The Balaban J connectivity index is 2.15. The first-order valence-corrected chi connectivity index (χ1v) is 15.0. The molecule has 2 atom stereocenters. The zero-order chi connectivity index (χ0) is 37.3. The number of esters is 1. The predicted molar refractivity (Wildman–Crippen MR) is 168 cm³/mol. The lowest BCUT2D eigenvalue weighted by Crippen LogP contribution is -2.49. The molecule has 0 spiro atoms. The Hall–Kier alpha value is -5.05. The summed E-state index contributed by atoms with van der Waals surface area (Å²) in [6.45, 7) is 5.00. The minimum Gasteiger partial charge on any atom is -0.464 e. The van der Waals surface area contributed by atoms with Crippen LogP contribution in [0.2, 0.25) is 0 Å². The van der Waals surface area contributed by atoms with Crippen molar-refractivity contribution in [3.63, 3.8) is 0 Å². The number of carbonyl (C=O) groups is 3. The Labute approximate surface area is 284 Å². The van der Waals surface area contributed by atoms with Gasteiger partial charge in [0.2, 0.25) is 0 Å². The minimum absolute atomic E-state index is 0.0114. The summed E-state index contributed by atoms with van der Waals surface area (Å²) in [6, 6.07) is 17.3. The topological polar surface area (TPSA) is 112 Å². The molecule has 2 amide bonds. The van der Waals surface area contributed by atoms with Gasteiger partial charge >= 0.3 is 30.5 Å². The number of alkyl halides is 6. The fourth-order valence-electron chi connectivity index (χ4n) is 4.51. The molecule has 0 radical (unpaired) electrons. The average Bonchev–Trinajstić information content (AvgIpc) is 3.04. The number of methoxy groups -OCH3 is 1. The average molecular weight is 711 g/mol. The molecule has 0 fully saturated rings. The van der Waals surface area contributed by atoms with Gasteiger partial charge in [-0.25, -0.2) is 14.4 Å². The van der Waals surface area contributed by atoms with Gasteiger partial charge in [0.1, 0.15) is 23.4 Å². The summed E-state index contributed by atoms with van der Waals surface area (Å²) in [5, 5.41) is 4.88. The molecule has 0 saturated heterocycles. The Morgan fingerprint density at radius 3 is 1.82 bits per heavy atom. The Morgan fingerprint density at radius 1 is 0.780 bits per heavy atom. The number of nitrogens with one attached hydrogen (secondary N) is 2. The van der Waals surface area contributed by atoms with Crippen LogP contribution in [0.15, 0.2) is 90.6 Å². The van der Waals surface area contributed by atoms with Crippen molar-refractivity contribution >= 4 is 18.2 Å². The number of hydrogen-bond donors (Lipinski definition) is 2. The summed E-state index contributed by atoms with van der Waals surface area (Å²) in [4.78, 5) is 39.1. The van der Waals surface area contributed by atoms with E-state index in [1.54, 1.807) is 69.3 Å². The van der Waals surface area contributed by atoms with Gasteiger partial charge in [0.15, 0.2) is 0 Å². The van der Waals surface area contributed by atoms with E-state index in [0.29, 0.717) is 17.7 Å². The van der Waals surface area contributed by atoms with Crippen molar-refractivity contribution in [2.24, 2.45) is 0 Å². The zero-order valence-corrected chi connectivity index (χ0v) is 27.7. The Bertz CT molecular complexity index is 1620. The summed E-state index contributed by atoms with van der Waals surface area (Å²) in [5.74, 6) is -1.10. The second kappa shape index (κ2) is 16.1. The summed E-state index contributed by atoms with van der Waals surface area (Å²) in [7, 11) is 1.02. The van der Waals surface area contributed by atoms with E-state index in [9.17, 15) is 40.7 Å². The van der Waals surface area contributed by atoms with Crippen molar-refractivity contribution < 1.29 is 59.7 Å². The minimum atomic E-state index is -5.11. The molecule has 2 N–H and O–H groups in total. The van der Waals surface area contributed by atoms with Gasteiger partial charge in [-0.2, -0.15) is 26.3 Å². The van der Waals surface area contributed by atoms with E-state index in [4.69, 9.17) is 18.9 Å². The smallest absolute Gasteiger partial charge is 0.416 e. The first-order chi connectivity index (χ1) is 23.2. The number of benzene rings is 3. The fraction of sp³-hybridized carbons (Fsp3) is 0.343. The molecule has 50 heavy (non-hydrogen) atoms. The van der Waals surface area contributed by atoms with Gasteiger partial charge in [0.05, 0.1) is 30.9 Å². The molecule has 3 aromatic rings. The van der Waals surface area contributed by atoms with Crippen LogP contribution in [0.1, 0.15) is 61.6 Å². The highest BCUT2D eigenvalue weighted by Gasteiger charge is 2.39. The van der Waals surface area contributed by atoms with Gasteiger partial charge in [-0.15, -0.1) is 0 Å². The summed E-state index contributed by atoms with van der Waals surface area (Å²) in [5.41, 5.74) is -6.30. The third kappa shape index (κ3) is 11.5. The molecule has 0 heterocycles. The number of carbonyl (C=O) groups excluding carboxylic acids is 3. The molecule has 3 rings (SSSR count). The van der Waals surface area contributed by atoms with Crippen LogP contribution in [-0.4, -0.2) is 37.5 Å². The lowest BCUT2D eigenvalue weighted by Gasteiger charge is -2.34. The molecule has 3 aromatic carbocycles. The third-order valence-electron chi connectivity index (χ3n) is 6.90. The summed E-state index contributed by atoms with van der Waals surface area (Å²) < 4.78 is 103. The fourth-order valence-corrected chi connectivity index (χ4v) is 4.51. The van der Waals surface area contributed by atoms with Crippen LogP contribution in [0.3, 0.4) is 0 Å². The van der Waals surface area contributed by atoms with Crippen LogP contribution in [-0.2, 0) is 48.2 Å². The molecule has 0 unspecified atom stereocenters. The van der Waals surface area contributed by atoms with Crippen molar-refractivity contribution in [3.05, 3.63) is 118 Å². The molecular weight excluding hydrogens is 674 g/mol. The second-order valence-corrected chi connectivity index (χ2v) is 12.0. The molecule has 0 aromatic heterocycles. The molecule has 0 saturated carbocycles. The normalized spacial score (nSPS) is 14.2. The predicted octanol–water partition coefficient (Wildman–Crippen LogP) is 8.21. The molecule has 9 nitrogen and oxygen atoms in total. The van der Waals surface area contributed by atoms with Crippen LogP contribution >= 0.6 is 0 Å². The first kappa shape index (κ1) is 39.4. The molecule has 270 valence electrons. The highest BCUT2D eigenvalue weighted by atomic mass is 19.4. The van der Waals surface area contributed by atoms with Crippen molar-refractivity contribution in [2.75, 3.05) is 13.7 Å². The number of alkyl carbamates (subject to hydrolysis) is 2. The maximum absolute atomic E-state index is 13.6. The maximum atomic E-state index is 13.6. The van der Waals surface area contributed by atoms with Gasteiger partial charge in [-0.1, -0.05) is 60.7 Å². The highest BCUT2D eigenvalue weighted by Crippen LogP contribution is 2.38. The largest absolute Gasteiger partial charge is 0.464 e. The first-order valence-electron chi connectivity index (χ1n) is 15.0. The van der Waals surface area contributed by atoms with Crippen molar-refractivity contribution in [1.29, 1.82) is 0 Å². The van der Waals surface area contributed by atoms with E-state index in [2.05, 4.69) is 10.6 Å². The van der Waals surface area contributed by atoms with E-state index >= 15 is 0 Å². The van der Waals surface area contributed by atoms with Gasteiger partial charge in [0, 0.05) is 0 Å². The third-order valence-corrected chi connectivity index (χ3v) is 6.90. The zero-order valence-electron chi connectivity index (χ0n) is 27.7. The Kier molecular flexibility index (Phi) is 12.7. The number of halogens is 6. The molecule has 0 aliphatic heterocycles. The van der Waals surface area contributed by atoms with Gasteiger partial charge in [0.25, 0.3) is 0 Å². The van der Waals surface area contributed by atoms with E-state index in [1.807, 2.05) is 0 Å². The second-order valence-electron chi connectivity index (χ2n) is 12.0. The van der Waals surface area contributed by atoms with Crippen molar-refractivity contribution in [3.8, 4) is 0 Å². The quantitative estimate of drug-likeness (QED) is 0.0893. The Morgan fingerprint density at radius 2 is 1.32 bits per heavy atom. The van der Waals surface area contributed by atoms with E-state index in [0.717, 1.165) is 13.2 Å². The molecule has 0 bridgehead atoms. The van der Waals surface area contributed by atoms with Crippen LogP contribution in [0.4, 0.5) is 35.9 Å². The highest BCUT2D eigenvalue weighted by molar-refractivity contribution is 5.92. The lowest BCUT2D eigenvalue weighted by molar-refractivity contribution is -0.143. The number of amides is 2. The van der Waals surface area contributed by atoms with Crippen LogP contribution in [0, 0.1) is 0 Å². The van der Waals surface area contributed by atoms with Gasteiger partial charge < -0.3 is 24.3 Å². The van der Waals surface area contributed by atoms with Crippen LogP contribution < -0.4 is 10.6 Å². The standard InChI is InChI=1S/C35H36F6N2O7/c1-22(24-16-26(34(36,37)38)18-27(17-24)35(39,40)41)49-21-33(25-14-10-7-11-15-25,43-31(46)48-20-23-12-8-6-9-13-23)19-28(29(44)47-5)42-30(45)50-32(2,3)4/h6-19,22H,20-21H2,1-5H3,(H,42,45)(H,43,46)/b28-19-/t22-,33-/m1/s1. The summed E-state index contributed by atoms with van der Waals surface area (Å²) in [6.07, 6.45) is -12.8. The van der Waals surface area contributed by atoms with E-state index < -0.39 is 76.7 Å². The monoisotopic (exact) mass is 710 g/mol. The number of rotatable bonds is 11. The van der Waals surface area contributed by atoms with E-state index in [1.165, 1.54) is 19.1 Å².